The Bertz CT molecular complexity index is 476. The van der Waals surface area contributed by atoms with E-state index in [-0.39, 0.29) is 6.61 Å². The summed E-state index contributed by atoms with van der Waals surface area (Å²) in [5.74, 6) is -0.542. The van der Waals surface area contributed by atoms with Crippen LogP contribution in [0.15, 0.2) is 12.7 Å². The van der Waals surface area contributed by atoms with Crippen LogP contribution in [0.25, 0.3) is 0 Å². The number of nitrogens with two attached hydrogens (primary N) is 1. The number of carbonyl (C=O) groups is 1. The molecular formula is C21H48N2O9Si2. The minimum Gasteiger partial charge on any atom is -0.460 e. The summed E-state index contributed by atoms with van der Waals surface area (Å²) < 4.78 is 37.5. The number of nitrogens with one attached hydrogen (secondary N) is 1. The second-order valence-corrected chi connectivity index (χ2v) is 12.8. The van der Waals surface area contributed by atoms with E-state index in [9.17, 15) is 9.90 Å². The van der Waals surface area contributed by atoms with Crippen molar-refractivity contribution in [2.24, 2.45) is 5.73 Å². The minimum atomic E-state index is -2.51. The van der Waals surface area contributed by atoms with E-state index < -0.39 is 29.7 Å². The summed E-state index contributed by atoms with van der Waals surface area (Å²) in [4.78, 5) is 10.8. The van der Waals surface area contributed by atoms with E-state index in [4.69, 9.17) is 37.0 Å². The molecule has 0 saturated heterocycles. The number of rotatable bonds is 21. The lowest BCUT2D eigenvalue weighted by atomic mass is 10.3. The van der Waals surface area contributed by atoms with Crippen molar-refractivity contribution in [2.45, 2.75) is 51.8 Å². The number of esters is 1. The number of ether oxygens (including phenoxy) is 1. The molecular weight excluding hydrogens is 480 g/mol. The SMILES string of the molecule is C=CC(=O)OCC(O)CNCCC[Si](OC)(OC)OC.CCO[Si](CCCN)(OCC)OCC. The molecule has 1 unspecified atom stereocenters. The molecule has 13 heteroatoms. The number of aliphatic hydroxyl groups is 1. The molecule has 0 bridgehead atoms. The molecule has 4 N–H and O–H groups in total. The molecule has 0 rings (SSSR count). The molecule has 11 nitrogen and oxygen atoms in total. The number of hydrogen-bond donors (Lipinski definition) is 3. The molecule has 0 aromatic carbocycles. The molecule has 0 aromatic rings. The molecule has 0 fully saturated rings. The highest BCUT2D eigenvalue weighted by molar-refractivity contribution is 6.61. The van der Waals surface area contributed by atoms with E-state index in [2.05, 4.69) is 11.9 Å². The first-order valence-corrected chi connectivity index (χ1v) is 15.6. The van der Waals surface area contributed by atoms with Gasteiger partial charge in [0.05, 0.1) is 0 Å². The summed E-state index contributed by atoms with van der Waals surface area (Å²) in [5, 5.41) is 12.6. The highest BCUT2D eigenvalue weighted by Crippen LogP contribution is 2.17. The fourth-order valence-electron chi connectivity index (χ4n) is 2.87. The summed E-state index contributed by atoms with van der Waals surface area (Å²) in [6, 6.07) is 1.50. The minimum absolute atomic E-state index is 0.0508. The Kier molecular flexibility index (Phi) is 23.7. The molecule has 34 heavy (non-hydrogen) atoms. The van der Waals surface area contributed by atoms with Gasteiger partial charge in [0, 0.05) is 65.9 Å². The topological polar surface area (TPSA) is 140 Å². The average Bonchev–Trinajstić information content (AvgIpc) is 2.84. The summed E-state index contributed by atoms with van der Waals surface area (Å²) in [5.41, 5.74) is 5.48. The van der Waals surface area contributed by atoms with Gasteiger partial charge in [-0.05, 0) is 46.7 Å². The van der Waals surface area contributed by atoms with Crippen LogP contribution < -0.4 is 11.1 Å². The molecule has 0 aliphatic heterocycles. The zero-order valence-corrected chi connectivity index (χ0v) is 23.9. The van der Waals surface area contributed by atoms with Gasteiger partial charge >= 0.3 is 23.6 Å². The summed E-state index contributed by atoms with van der Waals surface area (Å²) in [6.45, 7) is 12.7. The Morgan fingerprint density at radius 2 is 1.47 bits per heavy atom. The van der Waals surface area contributed by atoms with Gasteiger partial charge in [-0.25, -0.2) is 4.79 Å². The van der Waals surface area contributed by atoms with E-state index in [1.807, 2.05) is 20.8 Å². The Hall–Kier alpha value is -0.716. The van der Waals surface area contributed by atoms with Crippen LogP contribution in [0.4, 0.5) is 0 Å². The zero-order valence-electron chi connectivity index (χ0n) is 21.9. The predicted molar refractivity (Wildman–Crippen MR) is 135 cm³/mol. The fourth-order valence-corrected chi connectivity index (χ4v) is 7.23. The van der Waals surface area contributed by atoms with Crippen molar-refractivity contribution in [1.82, 2.24) is 5.32 Å². The van der Waals surface area contributed by atoms with Crippen molar-refractivity contribution in [3.8, 4) is 0 Å². The number of hydrogen-bond acceptors (Lipinski definition) is 11. The van der Waals surface area contributed by atoms with Crippen molar-refractivity contribution in [3.63, 3.8) is 0 Å². The predicted octanol–water partition coefficient (Wildman–Crippen LogP) is 1.32. The Balaban J connectivity index is 0. The maximum Gasteiger partial charge on any atom is 0.500 e. The third kappa shape index (κ3) is 16.8. The van der Waals surface area contributed by atoms with Crippen molar-refractivity contribution < 1.29 is 41.2 Å². The van der Waals surface area contributed by atoms with Gasteiger partial charge < -0.3 is 47.4 Å². The maximum absolute atomic E-state index is 10.8. The van der Waals surface area contributed by atoms with Crippen molar-refractivity contribution in [1.29, 1.82) is 0 Å². The van der Waals surface area contributed by atoms with Gasteiger partial charge in [0.15, 0.2) is 0 Å². The van der Waals surface area contributed by atoms with Crippen LogP contribution in [0.3, 0.4) is 0 Å². The molecule has 0 aliphatic rings. The lowest BCUT2D eigenvalue weighted by Gasteiger charge is -2.28. The highest BCUT2D eigenvalue weighted by Gasteiger charge is 2.39. The van der Waals surface area contributed by atoms with Crippen molar-refractivity contribution in [2.75, 3.05) is 67.4 Å². The van der Waals surface area contributed by atoms with Gasteiger partial charge in [0.1, 0.15) is 12.7 Å². The molecule has 0 amide bonds. The van der Waals surface area contributed by atoms with Gasteiger partial charge in [-0.1, -0.05) is 6.58 Å². The molecule has 0 aromatic heterocycles. The molecule has 0 saturated carbocycles. The van der Waals surface area contributed by atoms with Crippen LogP contribution in [0.2, 0.25) is 12.1 Å². The summed E-state index contributed by atoms with van der Waals surface area (Å²) >= 11 is 0. The Morgan fingerprint density at radius 1 is 0.971 bits per heavy atom. The molecule has 0 aliphatic carbocycles. The number of aliphatic hydroxyl groups excluding tert-OH is 1. The summed E-state index contributed by atoms with van der Waals surface area (Å²) in [7, 11) is -0.188. The first-order chi connectivity index (χ1) is 16.3. The lowest BCUT2D eigenvalue weighted by Crippen LogP contribution is -2.46. The monoisotopic (exact) mass is 528 g/mol. The number of carbonyl (C=O) groups excluding carboxylic acids is 1. The first-order valence-electron chi connectivity index (χ1n) is 11.7. The first kappa shape index (κ1) is 35.4. The smallest absolute Gasteiger partial charge is 0.460 e. The van der Waals surface area contributed by atoms with Gasteiger partial charge in [-0.2, -0.15) is 0 Å². The fraction of sp³-hybridized carbons (Fsp3) is 0.857. The molecule has 0 spiro atoms. The second kappa shape index (κ2) is 22.7. The largest absolute Gasteiger partial charge is 0.500 e. The van der Waals surface area contributed by atoms with Crippen LogP contribution in [-0.4, -0.2) is 102 Å². The van der Waals surface area contributed by atoms with E-state index in [0.29, 0.717) is 45.5 Å². The quantitative estimate of drug-likeness (QED) is 0.0860. The van der Waals surface area contributed by atoms with E-state index in [1.165, 1.54) is 0 Å². The standard InChI is InChI=1S/C12H25NO6Si.C9H23NO3Si/c1-5-12(15)19-10-11(14)9-13-7-6-8-20(16-2,17-3)18-4;1-4-11-14(12-5-2,13-6-3)9-7-8-10/h5,11,13-14H,1,6-10H2,2-4H3;4-10H2,1-3H3. The Morgan fingerprint density at radius 3 is 1.88 bits per heavy atom. The third-order valence-corrected chi connectivity index (χ3v) is 10.5. The van der Waals surface area contributed by atoms with Gasteiger partial charge in [-0.3, -0.25) is 0 Å². The molecule has 1 atom stereocenters. The second-order valence-electron chi connectivity index (χ2n) is 6.97. The molecule has 0 heterocycles. The third-order valence-electron chi connectivity index (χ3n) is 4.51. The zero-order chi connectivity index (χ0) is 26.3. The average molecular weight is 529 g/mol. The maximum atomic E-state index is 10.8. The van der Waals surface area contributed by atoms with Gasteiger partial charge in [0.2, 0.25) is 0 Å². The van der Waals surface area contributed by atoms with Crippen LogP contribution in [0, 0.1) is 0 Å². The normalized spacial score (nSPS) is 12.6. The highest BCUT2D eigenvalue weighted by atomic mass is 28.4. The van der Waals surface area contributed by atoms with E-state index in [1.54, 1.807) is 21.3 Å². The van der Waals surface area contributed by atoms with Crippen LogP contribution in [-0.2, 0) is 36.1 Å². The van der Waals surface area contributed by atoms with Crippen LogP contribution in [0.5, 0.6) is 0 Å². The van der Waals surface area contributed by atoms with E-state index in [0.717, 1.165) is 25.0 Å². The van der Waals surface area contributed by atoms with E-state index >= 15 is 0 Å². The molecule has 204 valence electrons. The molecule has 0 radical (unpaired) electrons. The lowest BCUT2D eigenvalue weighted by molar-refractivity contribution is -0.140. The van der Waals surface area contributed by atoms with Crippen LogP contribution >= 0.6 is 0 Å². The van der Waals surface area contributed by atoms with Crippen LogP contribution in [0.1, 0.15) is 33.6 Å². The van der Waals surface area contributed by atoms with Crippen molar-refractivity contribution >= 4 is 23.6 Å². The van der Waals surface area contributed by atoms with Gasteiger partial charge in [0.25, 0.3) is 0 Å². The summed E-state index contributed by atoms with van der Waals surface area (Å²) in [6.07, 6.45) is 2.01. The Labute approximate surface area is 207 Å². The van der Waals surface area contributed by atoms with Gasteiger partial charge in [-0.15, -0.1) is 0 Å². The van der Waals surface area contributed by atoms with Crippen molar-refractivity contribution in [3.05, 3.63) is 12.7 Å².